The van der Waals surface area contributed by atoms with Crippen molar-refractivity contribution in [2.45, 2.75) is 23.6 Å². The fourth-order valence-corrected chi connectivity index (χ4v) is 2.32. The van der Waals surface area contributed by atoms with E-state index in [0.717, 1.165) is 10.5 Å². The number of Topliss-reactive ketones (excluding diaryl/α,β-unsaturated/α-hetero) is 1. The average Bonchev–Trinajstić information content (AvgIpc) is 2.44. The van der Waals surface area contributed by atoms with Gasteiger partial charge in [0.1, 0.15) is 6.79 Å². The van der Waals surface area contributed by atoms with E-state index in [4.69, 9.17) is 4.79 Å². The molecule has 2 nitrogen and oxygen atoms in total. The van der Waals surface area contributed by atoms with E-state index >= 15 is 0 Å². The summed E-state index contributed by atoms with van der Waals surface area (Å²) in [5.74, 6) is 0.108. The Hall–Kier alpha value is -1.87. The van der Waals surface area contributed by atoms with Crippen LogP contribution in [0.5, 0.6) is 0 Å². The molecule has 0 bridgehead atoms. The summed E-state index contributed by atoms with van der Waals surface area (Å²) in [6.45, 7) is 5.66. The molecule has 2 rings (SSSR count). The van der Waals surface area contributed by atoms with Crippen molar-refractivity contribution in [1.29, 1.82) is 0 Å². The molecule has 2 aromatic carbocycles. The lowest BCUT2D eigenvalue weighted by Crippen LogP contribution is -1.90. The van der Waals surface area contributed by atoms with Crippen LogP contribution in [-0.2, 0) is 4.79 Å². The lowest BCUT2D eigenvalue weighted by molar-refractivity contribution is -0.0979. The first kappa shape index (κ1) is 15.2. The highest BCUT2D eigenvalue weighted by atomic mass is 32.2. The Morgan fingerprint density at radius 2 is 1.32 bits per heavy atom. The number of rotatable bonds is 3. The second-order valence-electron chi connectivity index (χ2n) is 4.00. The highest BCUT2D eigenvalue weighted by Crippen LogP contribution is 2.27. The molecule has 0 aliphatic carbocycles. The van der Waals surface area contributed by atoms with E-state index < -0.39 is 0 Å². The molecule has 0 unspecified atom stereocenters. The number of hydrogen-bond acceptors (Lipinski definition) is 3. The Morgan fingerprint density at radius 3 is 1.74 bits per heavy atom. The fourth-order valence-electron chi connectivity index (χ4n) is 1.50. The lowest BCUT2D eigenvalue weighted by Gasteiger charge is -2.03. The second kappa shape index (κ2) is 7.54. The summed E-state index contributed by atoms with van der Waals surface area (Å²) in [5, 5.41) is 0. The number of hydrogen-bond donors (Lipinski definition) is 0. The van der Waals surface area contributed by atoms with Gasteiger partial charge in [-0.05, 0) is 38.1 Å². The van der Waals surface area contributed by atoms with Gasteiger partial charge in [-0.3, -0.25) is 4.79 Å². The minimum absolute atomic E-state index is 0.108. The van der Waals surface area contributed by atoms with Gasteiger partial charge in [0, 0.05) is 15.4 Å². The molecule has 3 heteroatoms. The maximum absolute atomic E-state index is 11.1. The van der Waals surface area contributed by atoms with E-state index in [0.29, 0.717) is 0 Å². The maximum Gasteiger partial charge on any atom is 0.159 e. The zero-order chi connectivity index (χ0) is 14.3. The van der Waals surface area contributed by atoms with Crippen LogP contribution >= 0.6 is 11.8 Å². The van der Waals surface area contributed by atoms with Crippen LogP contribution in [0, 0.1) is 6.92 Å². The first-order chi connectivity index (χ1) is 9.15. The molecule has 0 aromatic heterocycles. The fraction of sp³-hybridized carbons (Fsp3) is 0.125. The Balaban J connectivity index is 0.000000861. The summed E-state index contributed by atoms with van der Waals surface area (Å²) in [6, 6.07) is 16.1. The Bertz CT molecular complexity index is 530. The Morgan fingerprint density at radius 1 is 0.895 bits per heavy atom. The Kier molecular flexibility index (Phi) is 6.03. The van der Waals surface area contributed by atoms with E-state index in [2.05, 4.69) is 31.2 Å². The van der Waals surface area contributed by atoms with Gasteiger partial charge in [0.25, 0.3) is 0 Å². The molecule has 19 heavy (non-hydrogen) atoms. The molecule has 0 aliphatic rings. The van der Waals surface area contributed by atoms with Crippen molar-refractivity contribution in [3.8, 4) is 0 Å². The molecular weight excluding hydrogens is 256 g/mol. The molecule has 0 saturated heterocycles. The van der Waals surface area contributed by atoms with Gasteiger partial charge < -0.3 is 4.79 Å². The monoisotopic (exact) mass is 272 g/mol. The summed E-state index contributed by atoms with van der Waals surface area (Å²) in [7, 11) is 0. The number of ketones is 1. The topological polar surface area (TPSA) is 34.1 Å². The molecule has 0 spiro atoms. The van der Waals surface area contributed by atoms with E-state index in [9.17, 15) is 4.79 Å². The van der Waals surface area contributed by atoms with Crippen molar-refractivity contribution in [1.82, 2.24) is 0 Å². The molecule has 0 aliphatic heterocycles. The molecule has 98 valence electrons. The number of carbonyl (C=O) groups excluding carboxylic acids is 2. The molecule has 0 N–H and O–H groups in total. The first-order valence-electron chi connectivity index (χ1n) is 5.79. The molecule has 0 amide bonds. The van der Waals surface area contributed by atoms with Crippen molar-refractivity contribution < 1.29 is 9.59 Å². The van der Waals surface area contributed by atoms with Crippen LogP contribution in [0.1, 0.15) is 22.8 Å². The SMILES string of the molecule is C=O.CC(=O)c1ccc(Sc2ccc(C)cc2)cc1. The summed E-state index contributed by atoms with van der Waals surface area (Å²) < 4.78 is 0. The summed E-state index contributed by atoms with van der Waals surface area (Å²) in [4.78, 5) is 21.5. The van der Waals surface area contributed by atoms with Gasteiger partial charge in [0.2, 0.25) is 0 Å². The summed E-state index contributed by atoms with van der Waals surface area (Å²) in [5.41, 5.74) is 2.03. The Labute approximate surface area is 117 Å². The van der Waals surface area contributed by atoms with Crippen LogP contribution in [0.3, 0.4) is 0 Å². The quantitative estimate of drug-likeness (QED) is 0.787. The third kappa shape index (κ3) is 4.72. The summed E-state index contributed by atoms with van der Waals surface area (Å²) >= 11 is 1.71. The highest BCUT2D eigenvalue weighted by molar-refractivity contribution is 7.99. The normalized spacial score (nSPS) is 9.37. The van der Waals surface area contributed by atoms with Crippen molar-refractivity contribution in [3.05, 3.63) is 59.7 Å². The minimum atomic E-state index is 0.108. The van der Waals surface area contributed by atoms with Crippen LogP contribution in [0.4, 0.5) is 0 Å². The third-order valence-electron chi connectivity index (χ3n) is 2.52. The second-order valence-corrected chi connectivity index (χ2v) is 5.14. The van der Waals surface area contributed by atoms with Gasteiger partial charge in [0.15, 0.2) is 5.78 Å². The first-order valence-corrected chi connectivity index (χ1v) is 6.61. The standard InChI is InChI=1S/C15H14OS.CH2O/c1-11-3-7-14(8-4-11)17-15-9-5-13(6-10-15)12(2)16;1-2/h3-10H,1-2H3;1H2. The molecule has 2 aromatic rings. The highest BCUT2D eigenvalue weighted by Gasteiger charge is 2.00. The van der Waals surface area contributed by atoms with Gasteiger partial charge in [0.05, 0.1) is 0 Å². The third-order valence-corrected chi connectivity index (χ3v) is 3.53. The predicted molar refractivity (Wildman–Crippen MR) is 78.9 cm³/mol. The predicted octanol–water partition coefficient (Wildman–Crippen LogP) is 4.16. The molecule has 0 saturated carbocycles. The van der Waals surface area contributed by atoms with E-state index in [1.54, 1.807) is 18.7 Å². The smallest absolute Gasteiger partial charge is 0.159 e. The lowest BCUT2D eigenvalue weighted by atomic mass is 10.2. The van der Waals surface area contributed by atoms with Crippen molar-refractivity contribution >= 4 is 24.3 Å². The number of aryl methyl sites for hydroxylation is 1. The minimum Gasteiger partial charge on any atom is -0.307 e. The number of carbonyl (C=O) groups is 2. The van der Waals surface area contributed by atoms with Crippen molar-refractivity contribution in [3.63, 3.8) is 0 Å². The van der Waals surface area contributed by atoms with Gasteiger partial charge in [-0.2, -0.15) is 0 Å². The van der Waals surface area contributed by atoms with E-state index in [1.807, 2.05) is 31.1 Å². The van der Waals surface area contributed by atoms with Crippen LogP contribution < -0.4 is 0 Å². The van der Waals surface area contributed by atoms with Crippen LogP contribution in [0.25, 0.3) is 0 Å². The number of benzene rings is 2. The molecular formula is C16H16O2S. The zero-order valence-corrected chi connectivity index (χ0v) is 11.9. The van der Waals surface area contributed by atoms with Gasteiger partial charge in [-0.1, -0.05) is 41.6 Å². The average molecular weight is 272 g/mol. The molecule has 0 heterocycles. The van der Waals surface area contributed by atoms with Crippen LogP contribution in [0.15, 0.2) is 58.3 Å². The van der Waals surface area contributed by atoms with Crippen LogP contribution in [-0.4, -0.2) is 12.6 Å². The molecule has 0 radical (unpaired) electrons. The van der Waals surface area contributed by atoms with E-state index in [-0.39, 0.29) is 5.78 Å². The molecule has 0 fully saturated rings. The van der Waals surface area contributed by atoms with Gasteiger partial charge in [-0.25, -0.2) is 0 Å². The maximum atomic E-state index is 11.1. The summed E-state index contributed by atoms with van der Waals surface area (Å²) in [6.07, 6.45) is 0. The largest absolute Gasteiger partial charge is 0.307 e. The van der Waals surface area contributed by atoms with Crippen molar-refractivity contribution in [2.75, 3.05) is 0 Å². The zero-order valence-electron chi connectivity index (χ0n) is 11.1. The molecule has 0 atom stereocenters. The van der Waals surface area contributed by atoms with E-state index in [1.165, 1.54) is 10.5 Å². The van der Waals surface area contributed by atoms with Gasteiger partial charge >= 0.3 is 0 Å². The van der Waals surface area contributed by atoms with Crippen molar-refractivity contribution in [2.24, 2.45) is 0 Å². The van der Waals surface area contributed by atoms with Gasteiger partial charge in [-0.15, -0.1) is 0 Å². The van der Waals surface area contributed by atoms with Crippen LogP contribution in [0.2, 0.25) is 0 Å².